The Labute approximate surface area is 71.2 Å². The minimum Gasteiger partial charge on any atom is -0.390 e. The highest BCUT2D eigenvalue weighted by atomic mass is 16.3. The van der Waals surface area contributed by atoms with Crippen LogP contribution in [0.1, 0.15) is 20.3 Å². The number of nitrogens with zero attached hydrogens (tertiary/aromatic N) is 1. The number of amides is 1. The zero-order valence-electron chi connectivity index (χ0n) is 7.28. The fourth-order valence-corrected chi connectivity index (χ4v) is 1.62. The summed E-state index contributed by atoms with van der Waals surface area (Å²) in [5.74, 6) is -0.290. The van der Waals surface area contributed by atoms with Crippen LogP contribution in [0.2, 0.25) is 0 Å². The molecule has 4 heteroatoms. The van der Waals surface area contributed by atoms with Crippen molar-refractivity contribution in [2.45, 2.75) is 32.4 Å². The molecule has 1 fully saturated rings. The third-order valence-corrected chi connectivity index (χ3v) is 2.19. The summed E-state index contributed by atoms with van der Waals surface area (Å²) >= 11 is 0. The van der Waals surface area contributed by atoms with Gasteiger partial charge in [0.25, 0.3) is 0 Å². The molecule has 0 aromatic rings. The molecule has 0 spiro atoms. The molecule has 0 bridgehead atoms. The van der Waals surface area contributed by atoms with Crippen LogP contribution >= 0.6 is 0 Å². The van der Waals surface area contributed by atoms with Gasteiger partial charge >= 0.3 is 0 Å². The van der Waals surface area contributed by atoms with Crippen molar-refractivity contribution in [3.8, 4) is 0 Å². The van der Waals surface area contributed by atoms with Gasteiger partial charge in [0.15, 0.2) is 5.78 Å². The Balaban J connectivity index is 2.77. The van der Waals surface area contributed by atoms with Crippen LogP contribution in [0.4, 0.5) is 0 Å². The van der Waals surface area contributed by atoms with Crippen molar-refractivity contribution in [1.82, 2.24) is 4.90 Å². The fourth-order valence-electron chi connectivity index (χ4n) is 1.62. The lowest BCUT2D eigenvalue weighted by Crippen LogP contribution is -2.43. The molecule has 0 aliphatic carbocycles. The van der Waals surface area contributed by atoms with Crippen LogP contribution in [0.5, 0.6) is 0 Å². The molecule has 1 aliphatic heterocycles. The van der Waals surface area contributed by atoms with Crippen LogP contribution in [0.3, 0.4) is 0 Å². The van der Waals surface area contributed by atoms with Crippen molar-refractivity contribution < 1.29 is 14.7 Å². The number of likely N-dealkylation sites (tertiary alicyclic amines) is 1. The minimum atomic E-state index is -0.675. The van der Waals surface area contributed by atoms with Crippen molar-refractivity contribution in [3.05, 3.63) is 0 Å². The summed E-state index contributed by atoms with van der Waals surface area (Å²) in [5.41, 5.74) is 0. The predicted octanol–water partition coefficient (Wildman–Crippen LogP) is -0.443. The molecule has 1 saturated heterocycles. The van der Waals surface area contributed by atoms with Crippen LogP contribution in [-0.4, -0.2) is 40.4 Å². The zero-order valence-corrected chi connectivity index (χ0v) is 7.28. The summed E-state index contributed by atoms with van der Waals surface area (Å²) < 4.78 is 0. The molecule has 4 nitrogen and oxygen atoms in total. The maximum absolute atomic E-state index is 11.0. The molecule has 68 valence electrons. The van der Waals surface area contributed by atoms with E-state index in [1.807, 2.05) is 0 Å². The summed E-state index contributed by atoms with van der Waals surface area (Å²) in [7, 11) is 0. The summed E-state index contributed by atoms with van der Waals surface area (Å²) in [5, 5.41) is 9.36. The molecule has 1 aliphatic rings. The van der Waals surface area contributed by atoms with E-state index >= 15 is 0 Å². The van der Waals surface area contributed by atoms with Crippen LogP contribution in [0, 0.1) is 0 Å². The van der Waals surface area contributed by atoms with E-state index in [1.165, 1.54) is 18.7 Å². The number of carbonyl (C=O) groups is 2. The second-order valence-corrected chi connectivity index (χ2v) is 3.12. The van der Waals surface area contributed by atoms with E-state index in [1.54, 1.807) is 0 Å². The molecule has 1 rings (SSSR count). The highest BCUT2D eigenvalue weighted by Gasteiger charge is 2.37. The van der Waals surface area contributed by atoms with Gasteiger partial charge in [-0.25, -0.2) is 0 Å². The van der Waals surface area contributed by atoms with Crippen molar-refractivity contribution >= 4 is 11.7 Å². The monoisotopic (exact) mass is 171 g/mol. The van der Waals surface area contributed by atoms with Crippen molar-refractivity contribution in [2.75, 3.05) is 6.54 Å². The first-order valence-electron chi connectivity index (χ1n) is 3.99. The number of hydrogen-bond donors (Lipinski definition) is 1. The number of aliphatic hydroxyl groups is 1. The number of carbonyl (C=O) groups excluding carboxylic acids is 2. The van der Waals surface area contributed by atoms with E-state index < -0.39 is 12.1 Å². The molecule has 1 amide bonds. The Morgan fingerprint density at radius 1 is 1.42 bits per heavy atom. The third kappa shape index (κ3) is 1.48. The van der Waals surface area contributed by atoms with Gasteiger partial charge in [-0.05, 0) is 13.3 Å². The van der Waals surface area contributed by atoms with Gasteiger partial charge < -0.3 is 10.0 Å². The van der Waals surface area contributed by atoms with Crippen molar-refractivity contribution in [3.63, 3.8) is 0 Å². The lowest BCUT2D eigenvalue weighted by Gasteiger charge is -2.22. The molecule has 1 N–H and O–H groups in total. The number of ketones is 1. The standard InChI is InChI=1S/C8H13NO3/c1-5(10)8-7(12)3-4-9(8)6(2)11/h7-8,12H,3-4H2,1-2H3. The number of aliphatic hydroxyl groups excluding tert-OH is 1. The average molecular weight is 171 g/mol. The summed E-state index contributed by atoms with van der Waals surface area (Å²) in [6.45, 7) is 3.30. The lowest BCUT2D eigenvalue weighted by atomic mass is 10.1. The highest BCUT2D eigenvalue weighted by Crippen LogP contribution is 2.18. The van der Waals surface area contributed by atoms with E-state index in [-0.39, 0.29) is 11.7 Å². The molecular weight excluding hydrogens is 158 g/mol. The maximum atomic E-state index is 11.0. The van der Waals surface area contributed by atoms with Crippen LogP contribution < -0.4 is 0 Å². The smallest absolute Gasteiger partial charge is 0.220 e. The first-order valence-corrected chi connectivity index (χ1v) is 3.99. The first-order chi connectivity index (χ1) is 5.54. The van der Waals surface area contributed by atoms with Gasteiger partial charge in [-0.1, -0.05) is 0 Å². The highest BCUT2D eigenvalue weighted by molar-refractivity contribution is 5.87. The maximum Gasteiger partial charge on any atom is 0.220 e. The lowest BCUT2D eigenvalue weighted by molar-refractivity contribution is -0.137. The van der Waals surface area contributed by atoms with Crippen LogP contribution in [0.15, 0.2) is 0 Å². The van der Waals surface area contributed by atoms with E-state index in [9.17, 15) is 14.7 Å². The van der Waals surface area contributed by atoms with Crippen LogP contribution in [-0.2, 0) is 9.59 Å². The quantitative estimate of drug-likeness (QED) is 0.581. The molecular formula is C8H13NO3. The van der Waals surface area contributed by atoms with Gasteiger partial charge in [0.05, 0.1) is 6.10 Å². The van der Waals surface area contributed by atoms with E-state index in [2.05, 4.69) is 0 Å². The molecule has 0 aromatic carbocycles. The van der Waals surface area contributed by atoms with E-state index in [0.29, 0.717) is 13.0 Å². The summed E-state index contributed by atoms with van der Waals surface area (Å²) in [6.07, 6.45) is -0.171. The normalized spacial score (nSPS) is 29.1. The Morgan fingerprint density at radius 3 is 2.33 bits per heavy atom. The largest absolute Gasteiger partial charge is 0.390 e. The van der Waals surface area contributed by atoms with E-state index in [4.69, 9.17) is 0 Å². The Morgan fingerprint density at radius 2 is 2.00 bits per heavy atom. The Hall–Kier alpha value is -0.900. The Bertz CT molecular complexity index is 214. The van der Waals surface area contributed by atoms with Gasteiger partial charge in [0.1, 0.15) is 6.04 Å². The van der Waals surface area contributed by atoms with Crippen LogP contribution in [0.25, 0.3) is 0 Å². The Kier molecular flexibility index (Phi) is 2.47. The second kappa shape index (κ2) is 3.23. The van der Waals surface area contributed by atoms with Crippen molar-refractivity contribution in [2.24, 2.45) is 0 Å². The average Bonchev–Trinajstić information content (AvgIpc) is 2.30. The topological polar surface area (TPSA) is 57.6 Å². The first kappa shape index (κ1) is 9.19. The SMILES string of the molecule is CC(=O)C1C(O)CCN1C(C)=O. The predicted molar refractivity (Wildman–Crippen MR) is 42.5 cm³/mol. The molecule has 0 aromatic heterocycles. The number of hydrogen-bond acceptors (Lipinski definition) is 3. The molecule has 1 heterocycles. The van der Waals surface area contributed by atoms with Gasteiger partial charge in [-0.2, -0.15) is 0 Å². The van der Waals surface area contributed by atoms with Gasteiger partial charge in [0.2, 0.25) is 5.91 Å². The fraction of sp³-hybridized carbons (Fsp3) is 0.750. The molecule has 2 atom stereocenters. The van der Waals surface area contributed by atoms with Gasteiger partial charge in [-0.3, -0.25) is 9.59 Å². The molecule has 0 radical (unpaired) electrons. The van der Waals surface area contributed by atoms with Gasteiger partial charge in [0, 0.05) is 13.5 Å². The zero-order chi connectivity index (χ0) is 9.30. The third-order valence-electron chi connectivity index (χ3n) is 2.19. The van der Waals surface area contributed by atoms with E-state index in [0.717, 1.165) is 0 Å². The molecule has 0 saturated carbocycles. The molecule has 2 unspecified atom stereocenters. The molecule has 12 heavy (non-hydrogen) atoms. The second-order valence-electron chi connectivity index (χ2n) is 3.12. The van der Waals surface area contributed by atoms with Crippen molar-refractivity contribution in [1.29, 1.82) is 0 Å². The van der Waals surface area contributed by atoms with Gasteiger partial charge in [-0.15, -0.1) is 0 Å². The number of rotatable bonds is 1. The summed E-state index contributed by atoms with van der Waals surface area (Å²) in [4.78, 5) is 23.4. The summed E-state index contributed by atoms with van der Waals surface area (Å²) in [6, 6.07) is -0.609. The number of Topliss-reactive ketones (excluding diaryl/α,β-unsaturated/α-hetero) is 1. The minimum absolute atomic E-state index is 0.143.